The molecule has 1 aromatic rings. The van der Waals surface area contributed by atoms with Crippen molar-refractivity contribution in [1.29, 1.82) is 0 Å². The summed E-state index contributed by atoms with van der Waals surface area (Å²) in [4.78, 5) is 11.0. The lowest BCUT2D eigenvalue weighted by atomic mass is 9.71. The number of aldehydes is 1. The van der Waals surface area contributed by atoms with Crippen molar-refractivity contribution in [3.8, 4) is 5.75 Å². The molecule has 1 aromatic carbocycles. The van der Waals surface area contributed by atoms with Crippen molar-refractivity contribution in [3.63, 3.8) is 0 Å². The van der Waals surface area contributed by atoms with E-state index in [1.165, 1.54) is 16.7 Å². The summed E-state index contributed by atoms with van der Waals surface area (Å²) in [6, 6.07) is 4.36. The predicted molar refractivity (Wildman–Crippen MR) is 92.5 cm³/mol. The van der Waals surface area contributed by atoms with Crippen LogP contribution in [0.2, 0.25) is 0 Å². The first-order valence-electron chi connectivity index (χ1n) is 8.35. The molecule has 1 aliphatic carbocycles. The maximum absolute atomic E-state index is 11.0. The number of hydrogen-bond acceptors (Lipinski definition) is 2. The smallest absolute Gasteiger partial charge is 0.124 e. The van der Waals surface area contributed by atoms with Gasteiger partial charge in [0.15, 0.2) is 0 Å². The highest BCUT2D eigenvalue weighted by atomic mass is 16.5. The van der Waals surface area contributed by atoms with Gasteiger partial charge in [-0.1, -0.05) is 40.7 Å². The molecule has 0 saturated heterocycles. The fourth-order valence-electron chi connectivity index (χ4n) is 3.15. The Morgan fingerprint density at radius 3 is 2.64 bits per heavy atom. The summed E-state index contributed by atoms with van der Waals surface area (Å²) in [5, 5.41) is 0. The van der Waals surface area contributed by atoms with E-state index in [0.29, 0.717) is 18.9 Å². The summed E-state index contributed by atoms with van der Waals surface area (Å²) in [6.45, 7) is 11.8. The van der Waals surface area contributed by atoms with Gasteiger partial charge in [-0.3, -0.25) is 0 Å². The molecule has 120 valence electrons. The molecule has 0 fully saturated rings. The number of rotatable bonds is 6. The van der Waals surface area contributed by atoms with Crippen molar-refractivity contribution in [2.45, 2.75) is 59.3 Å². The SMILES string of the molecule is CCCOc1cc2c(cc1CC=O)C(C(C)C)=CCC2(C)C. The number of ether oxygens (including phenoxy) is 1. The topological polar surface area (TPSA) is 26.3 Å². The summed E-state index contributed by atoms with van der Waals surface area (Å²) in [6.07, 6.45) is 5.77. The Hall–Kier alpha value is -1.57. The molecule has 1 aliphatic rings. The van der Waals surface area contributed by atoms with Crippen molar-refractivity contribution in [1.82, 2.24) is 0 Å². The summed E-state index contributed by atoms with van der Waals surface area (Å²) in [5.74, 6) is 1.37. The Morgan fingerprint density at radius 2 is 2.05 bits per heavy atom. The molecule has 0 aromatic heterocycles. The number of hydrogen-bond donors (Lipinski definition) is 0. The van der Waals surface area contributed by atoms with Crippen LogP contribution in [0.25, 0.3) is 5.57 Å². The van der Waals surface area contributed by atoms with E-state index in [2.05, 4.69) is 52.8 Å². The zero-order chi connectivity index (χ0) is 16.3. The summed E-state index contributed by atoms with van der Waals surface area (Å²) >= 11 is 0. The largest absolute Gasteiger partial charge is 0.493 e. The minimum atomic E-state index is 0.109. The first-order valence-corrected chi connectivity index (χ1v) is 8.35. The van der Waals surface area contributed by atoms with Gasteiger partial charge < -0.3 is 9.53 Å². The first kappa shape index (κ1) is 16.8. The Kier molecular flexibility index (Phi) is 5.10. The van der Waals surface area contributed by atoms with Gasteiger partial charge in [-0.15, -0.1) is 0 Å². The molecule has 2 nitrogen and oxygen atoms in total. The fourth-order valence-corrected chi connectivity index (χ4v) is 3.15. The van der Waals surface area contributed by atoms with E-state index in [4.69, 9.17) is 4.74 Å². The maximum Gasteiger partial charge on any atom is 0.124 e. The number of benzene rings is 1. The maximum atomic E-state index is 11.0. The number of allylic oxidation sites excluding steroid dienone is 2. The zero-order valence-electron chi connectivity index (χ0n) is 14.5. The molecule has 0 spiro atoms. The molecule has 2 heteroatoms. The fraction of sp³-hybridized carbons (Fsp3) is 0.550. The van der Waals surface area contributed by atoms with Gasteiger partial charge in [-0.25, -0.2) is 0 Å². The van der Waals surface area contributed by atoms with Crippen molar-refractivity contribution >= 4 is 11.9 Å². The number of carbonyl (C=O) groups is 1. The molecule has 2 rings (SSSR count). The van der Waals surface area contributed by atoms with Gasteiger partial charge in [0.1, 0.15) is 12.0 Å². The highest BCUT2D eigenvalue weighted by molar-refractivity contribution is 5.75. The Labute approximate surface area is 134 Å². The molecule has 0 saturated carbocycles. The molecule has 0 aliphatic heterocycles. The minimum Gasteiger partial charge on any atom is -0.493 e. The van der Waals surface area contributed by atoms with E-state index in [1.807, 2.05) is 0 Å². The van der Waals surface area contributed by atoms with Crippen LogP contribution in [-0.2, 0) is 16.6 Å². The van der Waals surface area contributed by atoms with Gasteiger partial charge in [-0.2, -0.15) is 0 Å². The van der Waals surface area contributed by atoms with Crippen molar-refractivity contribution in [3.05, 3.63) is 34.9 Å². The molecule has 0 bridgehead atoms. The zero-order valence-corrected chi connectivity index (χ0v) is 14.5. The summed E-state index contributed by atoms with van der Waals surface area (Å²) in [5.41, 5.74) is 5.15. The van der Waals surface area contributed by atoms with Crippen molar-refractivity contribution < 1.29 is 9.53 Å². The normalized spacial score (nSPS) is 16.2. The quantitative estimate of drug-likeness (QED) is 0.696. The van der Waals surface area contributed by atoms with E-state index in [-0.39, 0.29) is 5.41 Å². The second-order valence-electron chi connectivity index (χ2n) is 7.13. The van der Waals surface area contributed by atoms with Crippen LogP contribution in [0, 0.1) is 5.92 Å². The lowest BCUT2D eigenvalue weighted by Gasteiger charge is -2.34. The predicted octanol–water partition coefficient (Wildman–Crippen LogP) is 4.94. The van der Waals surface area contributed by atoms with E-state index in [9.17, 15) is 4.79 Å². The molecule has 0 heterocycles. The molecule has 0 N–H and O–H groups in total. The average Bonchev–Trinajstić information content (AvgIpc) is 2.45. The summed E-state index contributed by atoms with van der Waals surface area (Å²) in [7, 11) is 0. The van der Waals surface area contributed by atoms with Crippen LogP contribution < -0.4 is 4.74 Å². The van der Waals surface area contributed by atoms with Crippen LogP contribution in [0.4, 0.5) is 0 Å². The summed E-state index contributed by atoms with van der Waals surface area (Å²) < 4.78 is 5.92. The van der Waals surface area contributed by atoms with Gasteiger partial charge in [-0.05, 0) is 53.0 Å². The molecular formula is C20H28O2. The van der Waals surface area contributed by atoms with Crippen LogP contribution in [0.5, 0.6) is 5.75 Å². The van der Waals surface area contributed by atoms with Crippen LogP contribution >= 0.6 is 0 Å². The minimum absolute atomic E-state index is 0.109. The molecule has 0 unspecified atom stereocenters. The molecule has 0 atom stereocenters. The molecule has 0 amide bonds. The van der Waals surface area contributed by atoms with Gasteiger partial charge >= 0.3 is 0 Å². The van der Waals surface area contributed by atoms with Gasteiger partial charge in [0.2, 0.25) is 0 Å². The van der Waals surface area contributed by atoms with Crippen molar-refractivity contribution in [2.75, 3.05) is 6.61 Å². The first-order chi connectivity index (χ1) is 10.4. The van der Waals surface area contributed by atoms with Crippen LogP contribution in [0.3, 0.4) is 0 Å². The third-order valence-corrected chi connectivity index (χ3v) is 4.46. The van der Waals surface area contributed by atoms with Crippen LogP contribution in [0.15, 0.2) is 18.2 Å². The van der Waals surface area contributed by atoms with E-state index >= 15 is 0 Å². The lowest BCUT2D eigenvalue weighted by molar-refractivity contribution is -0.107. The molecular weight excluding hydrogens is 272 g/mol. The van der Waals surface area contributed by atoms with E-state index in [0.717, 1.165) is 30.4 Å². The Morgan fingerprint density at radius 1 is 1.32 bits per heavy atom. The lowest BCUT2D eigenvalue weighted by Crippen LogP contribution is -2.23. The number of carbonyl (C=O) groups excluding carboxylic acids is 1. The average molecular weight is 300 g/mol. The second-order valence-corrected chi connectivity index (χ2v) is 7.13. The monoisotopic (exact) mass is 300 g/mol. The molecule has 22 heavy (non-hydrogen) atoms. The van der Waals surface area contributed by atoms with Crippen molar-refractivity contribution in [2.24, 2.45) is 5.92 Å². The van der Waals surface area contributed by atoms with Gasteiger partial charge in [0.25, 0.3) is 0 Å². The van der Waals surface area contributed by atoms with Crippen LogP contribution in [-0.4, -0.2) is 12.9 Å². The van der Waals surface area contributed by atoms with E-state index in [1.54, 1.807) is 0 Å². The standard InChI is InChI=1S/C20H28O2/c1-6-11-22-19-13-18-17(12-15(19)8-10-21)16(14(2)3)7-9-20(18,4)5/h7,10,12-14H,6,8-9,11H2,1-5H3. The molecule has 0 radical (unpaired) electrons. The highest BCUT2D eigenvalue weighted by Crippen LogP contribution is 2.44. The Bertz CT molecular complexity index is 580. The number of fused-ring (bicyclic) bond motifs is 1. The highest BCUT2D eigenvalue weighted by Gasteiger charge is 2.30. The Balaban J connectivity index is 2.58. The van der Waals surface area contributed by atoms with E-state index < -0.39 is 0 Å². The second kappa shape index (κ2) is 6.68. The third-order valence-electron chi connectivity index (χ3n) is 4.46. The van der Waals surface area contributed by atoms with Gasteiger partial charge in [0.05, 0.1) is 6.61 Å². The third kappa shape index (κ3) is 3.26. The van der Waals surface area contributed by atoms with Crippen LogP contribution in [0.1, 0.15) is 64.2 Å². The van der Waals surface area contributed by atoms with Gasteiger partial charge in [0, 0.05) is 12.0 Å².